The van der Waals surface area contributed by atoms with Crippen molar-refractivity contribution in [3.63, 3.8) is 0 Å². The summed E-state index contributed by atoms with van der Waals surface area (Å²) in [4.78, 5) is 20.7. The minimum atomic E-state index is -1.15. The van der Waals surface area contributed by atoms with E-state index in [-0.39, 0.29) is 0 Å². The van der Waals surface area contributed by atoms with Gasteiger partial charge in [0.05, 0.1) is 0 Å². The molecule has 0 aromatic carbocycles. The van der Waals surface area contributed by atoms with Gasteiger partial charge in [-0.2, -0.15) is 5.11 Å². The van der Waals surface area contributed by atoms with Gasteiger partial charge in [0, 0.05) is 0 Å². The molecular weight excluding hydrogens is 176 g/mol. The standard InChI is InChI=1S/C7H12N2O4/c1-7(2,3)13-6(12)9-8-4-5(10)11/h4H2,1-3H3,(H,10,11). The molecule has 0 fully saturated rings. The summed E-state index contributed by atoms with van der Waals surface area (Å²) in [5.74, 6) is -1.15. The maximum absolute atomic E-state index is 10.8. The van der Waals surface area contributed by atoms with Gasteiger partial charge in [-0.1, -0.05) is 5.11 Å². The first-order valence-electron chi connectivity index (χ1n) is 3.63. The van der Waals surface area contributed by atoms with Crippen molar-refractivity contribution in [2.24, 2.45) is 10.2 Å². The maximum atomic E-state index is 10.8. The highest BCUT2D eigenvalue weighted by atomic mass is 16.6. The topological polar surface area (TPSA) is 88.3 Å². The number of carboxylic acids is 1. The number of azo groups is 1. The predicted molar refractivity (Wildman–Crippen MR) is 43.6 cm³/mol. The largest absolute Gasteiger partial charge is 0.480 e. The van der Waals surface area contributed by atoms with E-state index < -0.39 is 24.2 Å². The van der Waals surface area contributed by atoms with Gasteiger partial charge in [-0.25, -0.2) is 4.79 Å². The number of amides is 1. The molecule has 0 aliphatic rings. The van der Waals surface area contributed by atoms with Crippen LogP contribution in [-0.4, -0.2) is 29.3 Å². The molecule has 6 heteroatoms. The molecule has 6 nitrogen and oxygen atoms in total. The molecule has 0 aromatic rings. The van der Waals surface area contributed by atoms with Crippen LogP contribution in [-0.2, 0) is 9.53 Å². The Morgan fingerprint density at radius 3 is 2.31 bits per heavy atom. The van der Waals surface area contributed by atoms with E-state index in [1.807, 2.05) is 0 Å². The van der Waals surface area contributed by atoms with E-state index in [4.69, 9.17) is 9.84 Å². The van der Waals surface area contributed by atoms with Crippen molar-refractivity contribution in [2.75, 3.05) is 6.54 Å². The van der Waals surface area contributed by atoms with Gasteiger partial charge in [0.15, 0.2) is 6.54 Å². The molecule has 74 valence electrons. The molecule has 0 aliphatic carbocycles. The van der Waals surface area contributed by atoms with Gasteiger partial charge in [0.25, 0.3) is 0 Å². The quantitative estimate of drug-likeness (QED) is 0.664. The Kier molecular flexibility index (Phi) is 4.03. The molecule has 1 N–H and O–H groups in total. The maximum Gasteiger partial charge on any atom is 0.452 e. The molecule has 13 heavy (non-hydrogen) atoms. The minimum Gasteiger partial charge on any atom is -0.480 e. The molecule has 0 bridgehead atoms. The number of aliphatic carboxylic acids is 1. The highest BCUT2D eigenvalue weighted by Crippen LogP contribution is 2.07. The fourth-order valence-corrected chi connectivity index (χ4v) is 0.436. The monoisotopic (exact) mass is 188 g/mol. The van der Waals surface area contributed by atoms with Crippen LogP contribution in [0.2, 0.25) is 0 Å². The van der Waals surface area contributed by atoms with Crippen LogP contribution in [0.15, 0.2) is 10.2 Å². The Balaban J connectivity index is 3.88. The van der Waals surface area contributed by atoms with Gasteiger partial charge in [-0.15, -0.1) is 0 Å². The van der Waals surface area contributed by atoms with Crippen LogP contribution in [0.5, 0.6) is 0 Å². The summed E-state index contributed by atoms with van der Waals surface area (Å²) in [6.07, 6.45) is -0.881. The first kappa shape index (κ1) is 11.5. The third kappa shape index (κ3) is 8.45. The van der Waals surface area contributed by atoms with E-state index in [1.54, 1.807) is 20.8 Å². The van der Waals surface area contributed by atoms with Crippen LogP contribution in [0.25, 0.3) is 0 Å². The van der Waals surface area contributed by atoms with Crippen molar-refractivity contribution >= 4 is 12.1 Å². The van der Waals surface area contributed by atoms with Crippen molar-refractivity contribution in [1.29, 1.82) is 0 Å². The second-order valence-electron chi connectivity index (χ2n) is 3.27. The summed E-state index contributed by atoms with van der Waals surface area (Å²) in [5, 5.41) is 14.3. The van der Waals surface area contributed by atoms with Gasteiger partial charge in [-0.05, 0) is 20.8 Å². The second-order valence-corrected chi connectivity index (χ2v) is 3.27. The van der Waals surface area contributed by atoms with Crippen LogP contribution >= 0.6 is 0 Å². The minimum absolute atomic E-state index is 0.529. The number of nitrogens with zero attached hydrogens (tertiary/aromatic N) is 2. The van der Waals surface area contributed by atoms with Crippen molar-refractivity contribution < 1.29 is 19.4 Å². The number of carboxylic acid groups (broad SMARTS) is 1. The van der Waals surface area contributed by atoms with E-state index in [0.29, 0.717) is 0 Å². The highest BCUT2D eigenvalue weighted by molar-refractivity contribution is 5.70. The molecule has 0 aromatic heterocycles. The molecule has 0 unspecified atom stereocenters. The summed E-state index contributed by atoms with van der Waals surface area (Å²) in [6.45, 7) is 4.51. The Labute approximate surface area is 75.6 Å². The lowest BCUT2D eigenvalue weighted by Gasteiger charge is -2.16. The van der Waals surface area contributed by atoms with Gasteiger partial charge >= 0.3 is 12.1 Å². The predicted octanol–water partition coefficient (Wildman–Crippen LogP) is 1.46. The molecule has 0 atom stereocenters. The van der Waals surface area contributed by atoms with Gasteiger partial charge in [-0.3, -0.25) is 4.79 Å². The summed E-state index contributed by atoms with van der Waals surface area (Å²) >= 11 is 0. The van der Waals surface area contributed by atoms with Crippen LogP contribution in [0.3, 0.4) is 0 Å². The second kappa shape index (κ2) is 4.54. The Morgan fingerprint density at radius 1 is 1.38 bits per heavy atom. The zero-order chi connectivity index (χ0) is 10.5. The van der Waals surface area contributed by atoms with E-state index in [9.17, 15) is 9.59 Å². The number of rotatable bonds is 2. The molecule has 0 radical (unpaired) electrons. The Morgan fingerprint density at radius 2 is 1.92 bits per heavy atom. The Bertz CT molecular complexity index is 229. The van der Waals surface area contributed by atoms with E-state index >= 15 is 0 Å². The normalized spacial score (nSPS) is 11.6. The molecule has 0 spiro atoms. The third-order valence-electron chi connectivity index (χ3n) is 0.752. The lowest BCUT2D eigenvalue weighted by atomic mass is 10.2. The van der Waals surface area contributed by atoms with E-state index in [1.165, 1.54) is 0 Å². The SMILES string of the molecule is CC(C)(C)OC(=O)N=NCC(=O)O. The lowest BCUT2D eigenvalue weighted by molar-refractivity contribution is -0.135. The number of hydrogen-bond acceptors (Lipinski definition) is 4. The smallest absolute Gasteiger partial charge is 0.452 e. The van der Waals surface area contributed by atoms with Crippen molar-refractivity contribution in [1.82, 2.24) is 0 Å². The average Bonchev–Trinajstić information content (AvgIpc) is 1.81. The molecule has 0 saturated heterocycles. The number of carbonyl (C=O) groups is 2. The highest BCUT2D eigenvalue weighted by Gasteiger charge is 2.15. The number of carbonyl (C=O) groups excluding carboxylic acids is 1. The van der Waals surface area contributed by atoms with Gasteiger partial charge in [0.2, 0.25) is 0 Å². The zero-order valence-corrected chi connectivity index (χ0v) is 7.77. The summed E-state index contributed by atoms with van der Waals surface area (Å²) in [6, 6.07) is 0. The Hall–Kier alpha value is -1.46. The molecule has 0 heterocycles. The van der Waals surface area contributed by atoms with E-state index in [2.05, 4.69) is 10.2 Å². The average molecular weight is 188 g/mol. The van der Waals surface area contributed by atoms with Crippen molar-refractivity contribution in [3.8, 4) is 0 Å². The number of hydrogen-bond donors (Lipinski definition) is 1. The zero-order valence-electron chi connectivity index (χ0n) is 7.77. The fraction of sp³-hybridized carbons (Fsp3) is 0.714. The molecule has 0 aliphatic heterocycles. The summed E-state index contributed by atoms with van der Waals surface area (Å²) in [7, 11) is 0. The van der Waals surface area contributed by atoms with Crippen LogP contribution in [0.1, 0.15) is 20.8 Å². The first-order valence-corrected chi connectivity index (χ1v) is 3.63. The lowest BCUT2D eigenvalue weighted by Crippen LogP contribution is -2.21. The third-order valence-corrected chi connectivity index (χ3v) is 0.752. The fourth-order valence-electron chi connectivity index (χ4n) is 0.436. The molecular formula is C7H12N2O4. The van der Waals surface area contributed by atoms with Crippen LogP contribution in [0, 0.1) is 0 Å². The number of ether oxygens (including phenoxy) is 1. The molecule has 0 saturated carbocycles. The van der Waals surface area contributed by atoms with Crippen molar-refractivity contribution in [2.45, 2.75) is 26.4 Å². The molecule has 1 amide bonds. The van der Waals surface area contributed by atoms with E-state index in [0.717, 1.165) is 0 Å². The van der Waals surface area contributed by atoms with Gasteiger partial charge in [0.1, 0.15) is 5.60 Å². The van der Waals surface area contributed by atoms with Crippen molar-refractivity contribution in [3.05, 3.63) is 0 Å². The summed E-state index contributed by atoms with van der Waals surface area (Å²) in [5.41, 5.74) is -0.640. The first-order chi connectivity index (χ1) is 5.81. The summed E-state index contributed by atoms with van der Waals surface area (Å²) < 4.78 is 4.73. The molecule has 0 rings (SSSR count). The van der Waals surface area contributed by atoms with Gasteiger partial charge < -0.3 is 9.84 Å². The van der Waals surface area contributed by atoms with Crippen LogP contribution < -0.4 is 0 Å². The van der Waals surface area contributed by atoms with Crippen LogP contribution in [0.4, 0.5) is 4.79 Å².